The molecule has 0 heterocycles. The van der Waals surface area contributed by atoms with E-state index in [-0.39, 0.29) is 5.82 Å². The maximum absolute atomic E-state index is 13.3. The van der Waals surface area contributed by atoms with Gasteiger partial charge in [0.25, 0.3) is 0 Å². The lowest BCUT2D eigenvalue weighted by molar-refractivity contribution is 0.386. The molecule has 0 radical (unpaired) electrons. The van der Waals surface area contributed by atoms with Crippen LogP contribution in [-0.4, -0.2) is 13.2 Å². The fraction of sp³-hybridized carbons (Fsp3) is 0.600. The summed E-state index contributed by atoms with van der Waals surface area (Å²) in [4.78, 5) is 0. The van der Waals surface area contributed by atoms with Crippen molar-refractivity contribution in [1.29, 1.82) is 0 Å². The van der Waals surface area contributed by atoms with Crippen LogP contribution in [0.3, 0.4) is 0 Å². The highest BCUT2D eigenvalue weighted by Gasteiger charge is 2.12. The summed E-state index contributed by atoms with van der Waals surface area (Å²) in [5, 5.41) is 3.50. The average Bonchev–Trinajstić information content (AvgIpc) is 2.34. The van der Waals surface area contributed by atoms with Crippen LogP contribution in [0.4, 0.5) is 10.1 Å². The van der Waals surface area contributed by atoms with Gasteiger partial charge in [-0.15, -0.1) is 0 Å². The molecule has 1 aromatic carbocycles. The minimum atomic E-state index is -0.305. The Balaban J connectivity index is 1.98. The number of anilines is 1. The van der Waals surface area contributed by atoms with Gasteiger partial charge in [-0.2, -0.15) is 0 Å². The smallest absolute Gasteiger partial charge is 0.165 e. The highest BCUT2D eigenvalue weighted by molar-refractivity contribution is 5.49. The van der Waals surface area contributed by atoms with Gasteiger partial charge >= 0.3 is 0 Å². The monoisotopic (exact) mass is 251 g/mol. The van der Waals surface area contributed by atoms with Crippen molar-refractivity contribution in [2.45, 2.75) is 51.0 Å². The van der Waals surface area contributed by atoms with Crippen LogP contribution in [0.15, 0.2) is 18.2 Å². The molecule has 1 aliphatic rings. The molecule has 1 fully saturated rings. The molecule has 0 bridgehead atoms. The molecule has 1 saturated carbocycles. The minimum Gasteiger partial charge on any atom is -0.494 e. The summed E-state index contributed by atoms with van der Waals surface area (Å²) in [5.74, 6) is 0.00607. The first-order chi connectivity index (χ1) is 8.79. The van der Waals surface area contributed by atoms with Crippen molar-refractivity contribution in [2.75, 3.05) is 12.4 Å². The van der Waals surface area contributed by atoms with Crippen molar-refractivity contribution < 1.29 is 9.13 Å². The average molecular weight is 251 g/mol. The number of ether oxygens (including phenoxy) is 1. The van der Waals surface area contributed by atoms with Crippen molar-refractivity contribution in [3.05, 3.63) is 24.0 Å². The second-order valence-corrected chi connectivity index (χ2v) is 5.04. The number of benzene rings is 1. The van der Waals surface area contributed by atoms with E-state index in [1.54, 1.807) is 12.1 Å². The highest BCUT2D eigenvalue weighted by Crippen LogP contribution is 2.25. The van der Waals surface area contributed by atoms with E-state index in [2.05, 4.69) is 5.32 Å². The Morgan fingerprint density at radius 2 is 1.78 bits per heavy atom. The Labute approximate surface area is 109 Å². The van der Waals surface area contributed by atoms with Gasteiger partial charge in [0.1, 0.15) is 0 Å². The first kappa shape index (κ1) is 13.2. The van der Waals surface area contributed by atoms with Crippen LogP contribution >= 0.6 is 0 Å². The number of rotatable bonds is 3. The highest BCUT2D eigenvalue weighted by atomic mass is 19.1. The maximum Gasteiger partial charge on any atom is 0.165 e. The molecule has 0 aromatic heterocycles. The first-order valence-electron chi connectivity index (χ1n) is 6.89. The number of halogens is 1. The van der Waals surface area contributed by atoms with E-state index >= 15 is 0 Å². The topological polar surface area (TPSA) is 21.3 Å². The van der Waals surface area contributed by atoms with E-state index in [1.807, 2.05) is 0 Å². The third kappa shape index (κ3) is 3.62. The predicted molar refractivity (Wildman–Crippen MR) is 72.7 cm³/mol. The Morgan fingerprint density at radius 1 is 1.11 bits per heavy atom. The van der Waals surface area contributed by atoms with Crippen LogP contribution < -0.4 is 10.1 Å². The lowest BCUT2D eigenvalue weighted by Crippen LogP contribution is -2.20. The molecule has 100 valence electrons. The van der Waals surface area contributed by atoms with Gasteiger partial charge in [0, 0.05) is 17.8 Å². The SMILES string of the molecule is COc1cc(NC2CCCCCCC2)ccc1F. The molecule has 1 aromatic rings. The van der Waals surface area contributed by atoms with Gasteiger partial charge in [0.2, 0.25) is 0 Å². The quantitative estimate of drug-likeness (QED) is 0.861. The molecule has 0 atom stereocenters. The zero-order chi connectivity index (χ0) is 12.8. The number of hydrogen-bond acceptors (Lipinski definition) is 2. The van der Waals surface area contributed by atoms with Crippen molar-refractivity contribution >= 4 is 5.69 Å². The molecule has 0 saturated heterocycles. The Kier molecular flexibility index (Phi) is 4.85. The lowest BCUT2D eigenvalue weighted by atomic mass is 9.96. The summed E-state index contributed by atoms with van der Waals surface area (Å²) >= 11 is 0. The van der Waals surface area contributed by atoms with Crippen molar-refractivity contribution in [1.82, 2.24) is 0 Å². The molecule has 0 unspecified atom stereocenters. The molecule has 3 heteroatoms. The second kappa shape index (κ2) is 6.62. The van der Waals surface area contributed by atoms with E-state index in [0.29, 0.717) is 11.8 Å². The molecule has 0 spiro atoms. The summed E-state index contributed by atoms with van der Waals surface area (Å²) in [6.07, 6.45) is 9.04. The molecule has 2 nitrogen and oxygen atoms in total. The third-order valence-corrected chi connectivity index (χ3v) is 3.63. The zero-order valence-electron chi connectivity index (χ0n) is 11.0. The van der Waals surface area contributed by atoms with Gasteiger partial charge in [-0.3, -0.25) is 0 Å². The predicted octanol–water partition coefficient (Wildman–Crippen LogP) is 4.36. The fourth-order valence-electron chi connectivity index (χ4n) is 2.59. The summed E-state index contributed by atoms with van der Waals surface area (Å²) in [5.41, 5.74) is 0.957. The normalized spacial score (nSPS) is 17.9. The van der Waals surface area contributed by atoms with Crippen molar-refractivity contribution in [3.8, 4) is 5.75 Å². The van der Waals surface area contributed by atoms with Gasteiger partial charge < -0.3 is 10.1 Å². The fourth-order valence-corrected chi connectivity index (χ4v) is 2.59. The summed E-state index contributed by atoms with van der Waals surface area (Å²) in [6.45, 7) is 0. The largest absolute Gasteiger partial charge is 0.494 e. The Bertz CT molecular complexity index is 373. The van der Waals surface area contributed by atoms with Crippen molar-refractivity contribution in [2.24, 2.45) is 0 Å². The van der Waals surface area contributed by atoms with Crippen LogP contribution in [-0.2, 0) is 0 Å². The molecule has 0 amide bonds. The van der Waals surface area contributed by atoms with E-state index in [9.17, 15) is 4.39 Å². The second-order valence-electron chi connectivity index (χ2n) is 5.04. The van der Waals surface area contributed by atoms with Gasteiger partial charge in [0.15, 0.2) is 11.6 Å². The van der Waals surface area contributed by atoms with Crippen LogP contribution in [0.2, 0.25) is 0 Å². The number of nitrogens with one attached hydrogen (secondary N) is 1. The molecule has 2 rings (SSSR count). The molecule has 1 aliphatic carbocycles. The number of hydrogen-bond donors (Lipinski definition) is 1. The van der Waals surface area contributed by atoms with Crippen LogP contribution in [0.1, 0.15) is 44.9 Å². The first-order valence-corrected chi connectivity index (χ1v) is 6.89. The minimum absolute atomic E-state index is 0.305. The maximum atomic E-state index is 13.3. The molecule has 0 aliphatic heterocycles. The molecule has 18 heavy (non-hydrogen) atoms. The van der Waals surface area contributed by atoms with E-state index < -0.39 is 0 Å². The van der Waals surface area contributed by atoms with E-state index in [0.717, 1.165) is 5.69 Å². The molecular weight excluding hydrogens is 229 g/mol. The summed E-state index contributed by atoms with van der Waals surface area (Å²) in [7, 11) is 1.50. The van der Waals surface area contributed by atoms with E-state index in [4.69, 9.17) is 4.74 Å². The number of methoxy groups -OCH3 is 1. The summed E-state index contributed by atoms with van der Waals surface area (Å²) in [6, 6.07) is 5.51. The van der Waals surface area contributed by atoms with Gasteiger partial charge in [-0.1, -0.05) is 32.1 Å². The van der Waals surface area contributed by atoms with Crippen molar-refractivity contribution in [3.63, 3.8) is 0 Å². The van der Waals surface area contributed by atoms with E-state index in [1.165, 1.54) is 58.1 Å². The molecular formula is C15H22FNO. The van der Waals surface area contributed by atoms with Gasteiger partial charge in [-0.05, 0) is 25.0 Å². The Hall–Kier alpha value is -1.25. The third-order valence-electron chi connectivity index (χ3n) is 3.63. The lowest BCUT2D eigenvalue weighted by Gasteiger charge is -2.22. The van der Waals surface area contributed by atoms with Crippen LogP contribution in [0.25, 0.3) is 0 Å². The van der Waals surface area contributed by atoms with Crippen LogP contribution in [0.5, 0.6) is 5.75 Å². The Morgan fingerprint density at radius 3 is 2.44 bits per heavy atom. The molecule has 1 N–H and O–H groups in total. The van der Waals surface area contributed by atoms with Gasteiger partial charge in [-0.25, -0.2) is 4.39 Å². The van der Waals surface area contributed by atoms with Crippen LogP contribution in [0, 0.1) is 5.82 Å². The summed E-state index contributed by atoms with van der Waals surface area (Å²) < 4.78 is 18.3. The zero-order valence-corrected chi connectivity index (χ0v) is 11.0. The standard InChI is InChI=1S/C15H22FNO/c1-18-15-11-13(9-10-14(15)16)17-12-7-5-3-2-4-6-8-12/h9-12,17H,2-8H2,1H3. The van der Waals surface area contributed by atoms with Gasteiger partial charge in [0.05, 0.1) is 7.11 Å².